The zero-order valence-corrected chi connectivity index (χ0v) is 22.3. The number of hydrogen-bond donors (Lipinski definition) is 1. The molecular formula is C27H47O5S-. The van der Waals surface area contributed by atoms with Gasteiger partial charge in [-0.2, -0.15) is 0 Å². The molecule has 0 aliphatic heterocycles. The van der Waals surface area contributed by atoms with E-state index in [-0.39, 0.29) is 11.3 Å². The van der Waals surface area contributed by atoms with Gasteiger partial charge in [0.15, 0.2) is 0 Å². The third-order valence-corrected chi connectivity index (χ3v) is 11.6. The van der Waals surface area contributed by atoms with Crippen molar-refractivity contribution >= 4 is 10.4 Å². The molecule has 0 aromatic carbocycles. The van der Waals surface area contributed by atoms with Crippen molar-refractivity contribution in [3.05, 3.63) is 0 Å². The zero-order valence-electron chi connectivity index (χ0n) is 21.5. The van der Waals surface area contributed by atoms with Crippen molar-refractivity contribution in [2.45, 2.75) is 117 Å². The lowest BCUT2D eigenvalue weighted by Crippen LogP contribution is -2.58. The zero-order chi connectivity index (χ0) is 24.2. The van der Waals surface area contributed by atoms with Gasteiger partial charge in [-0.05, 0) is 104 Å². The summed E-state index contributed by atoms with van der Waals surface area (Å²) in [5.74, 6) is 4.22. The van der Waals surface area contributed by atoms with Crippen molar-refractivity contribution in [1.29, 1.82) is 0 Å². The Bertz CT molecular complexity index is 796. The van der Waals surface area contributed by atoms with Gasteiger partial charge in [0.25, 0.3) is 0 Å². The van der Waals surface area contributed by atoms with Crippen LogP contribution in [-0.4, -0.2) is 30.3 Å². The quantitative estimate of drug-likeness (QED) is 0.358. The monoisotopic (exact) mass is 483 g/mol. The summed E-state index contributed by atoms with van der Waals surface area (Å²) < 4.78 is 38.3. The Morgan fingerprint density at radius 2 is 1.61 bits per heavy atom. The van der Waals surface area contributed by atoms with Crippen LogP contribution in [0.4, 0.5) is 0 Å². The molecule has 192 valence electrons. The summed E-state index contributed by atoms with van der Waals surface area (Å²) in [5.41, 5.74) is 0.398. The van der Waals surface area contributed by atoms with Crippen LogP contribution in [0.5, 0.6) is 0 Å². The minimum Gasteiger partial charge on any atom is -0.726 e. The third kappa shape index (κ3) is 4.93. The Morgan fingerprint density at radius 3 is 2.27 bits per heavy atom. The summed E-state index contributed by atoms with van der Waals surface area (Å²) in [6, 6.07) is 0. The molecule has 5 nitrogen and oxygen atoms in total. The van der Waals surface area contributed by atoms with Crippen molar-refractivity contribution in [1.82, 2.24) is 0 Å². The van der Waals surface area contributed by atoms with Crippen LogP contribution in [0.15, 0.2) is 0 Å². The molecule has 0 aromatic heterocycles. The number of rotatable bonds is 7. The van der Waals surface area contributed by atoms with E-state index in [1.54, 1.807) is 0 Å². The molecule has 6 heteroatoms. The SMILES string of the molecule is CC(C)CCCC(C)C1CCC2C3CC(O)C4CC(OS(=O)(=O)[O-])CCC4(C)C3CCC12C. The molecule has 10 atom stereocenters. The maximum absolute atomic E-state index is 11.3. The van der Waals surface area contributed by atoms with E-state index < -0.39 is 22.6 Å². The standard InChI is InChI=1S/C27H48O5S/c1-17(2)7-6-8-18(3)21-9-10-22-20-16-25(28)24-15-19(32-33(29,30)31)11-13-27(24,5)23(20)12-14-26(21,22)4/h17-25,28H,6-16H2,1-5H3,(H,29,30,31)/p-1. The minimum absolute atomic E-state index is 0.0110. The second-order valence-electron chi connectivity index (χ2n) is 13.2. The molecule has 0 bridgehead atoms. The summed E-state index contributed by atoms with van der Waals surface area (Å²) in [4.78, 5) is 0. The fourth-order valence-electron chi connectivity index (χ4n) is 9.54. The molecule has 4 rings (SSSR count). The summed E-state index contributed by atoms with van der Waals surface area (Å²) in [6.45, 7) is 12.0. The number of fused-ring (bicyclic) bond motifs is 5. The molecule has 4 fully saturated rings. The molecule has 0 aromatic rings. The maximum atomic E-state index is 11.3. The summed E-state index contributed by atoms with van der Waals surface area (Å²) in [7, 11) is -4.70. The van der Waals surface area contributed by atoms with E-state index in [9.17, 15) is 18.1 Å². The lowest BCUT2D eigenvalue weighted by molar-refractivity contribution is -0.170. The first-order chi connectivity index (χ1) is 15.3. The molecule has 0 saturated heterocycles. The fourth-order valence-corrected chi connectivity index (χ4v) is 10.0. The number of aliphatic hydroxyl groups excluding tert-OH is 1. The second kappa shape index (κ2) is 9.37. The van der Waals surface area contributed by atoms with Gasteiger partial charge in [-0.15, -0.1) is 0 Å². The van der Waals surface area contributed by atoms with Crippen LogP contribution in [0.2, 0.25) is 0 Å². The van der Waals surface area contributed by atoms with E-state index in [2.05, 4.69) is 34.6 Å². The van der Waals surface area contributed by atoms with Gasteiger partial charge in [0.05, 0.1) is 12.2 Å². The van der Waals surface area contributed by atoms with E-state index in [1.165, 1.54) is 44.9 Å². The molecule has 4 aliphatic carbocycles. The fraction of sp³-hybridized carbons (Fsp3) is 1.00. The normalized spacial score (nSPS) is 46.5. The average Bonchev–Trinajstić information content (AvgIpc) is 3.05. The molecule has 0 heterocycles. The van der Waals surface area contributed by atoms with Crippen molar-refractivity contribution in [2.75, 3.05) is 0 Å². The largest absolute Gasteiger partial charge is 0.726 e. The smallest absolute Gasteiger partial charge is 0.217 e. The highest BCUT2D eigenvalue weighted by Gasteiger charge is 2.62. The highest BCUT2D eigenvalue weighted by atomic mass is 32.3. The van der Waals surface area contributed by atoms with Crippen LogP contribution < -0.4 is 0 Å². The van der Waals surface area contributed by atoms with Gasteiger partial charge >= 0.3 is 0 Å². The van der Waals surface area contributed by atoms with Crippen molar-refractivity contribution in [3.63, 3.8) is 0 Å². The Labute approximate surface area is 202 Å². The van der Waals surface area contributed by atoms with Gasteiger partial charge in [0.2, 0.25) is 10.4 Å². The van der Waals surface area contributed by atoms with Crippen LogP contribution in [0.3, 0.4) is 0 Å². The van der Waals surface area contributed by atoms with Gasteiger partial charge in [0, 0.05) is 0 Å². The molecule has 0 spiro atoms. The topological polar surface area (TPSA) is 86.7 Å². The Balaban J connectivity index is 1.48. The Morgan fingerprint density at radius 1 is 0.939 bits per heavy atom. The van der Waals surface area contributed by atoms with Crippen LogP contribution in [0, 0.1) is 52.3 Å². The van der Waals surface area contributed by atoms with Crippen molar-refractivity contribution < 1.29 is 22.3 Å². The first-order valence-corrected chi connectivity index (χ1v) is 15.0. The number of aliphatic hydroxyl groups is 1. The Kier molecular flexibility index (Phi) is 7.35. The van der Waals surface area contributed by atoms with E-state index >= 15 is 0 Å². The predicted molar refractivity (Wildman–Crippen MR) is 129 cm³/mol. The summed E-state index contributed by atoms with van der Waals surface area (Å²) in [5, 5.41) is 11.3. The van der Waals surface area contributed by atoms with Gasteiger partial charge in [-0.25, -0.2) is 8.42 Å². The van der Waals surface area contributed by atoms with Gasteiger partial charge < -0.3 is 9.66 Å². The van der Waals surface area contributed by atoms with Gasteiger partial charge in [-0.1, -0.05) is 53.9 Å². The van der Waals surface area contributed by atoms with E-state index in [0.717, 1.165) is 30.6 Å². The van der Waals surface area contributed by atoms with E-state index in [1.807, 2.05) is 0 Å². The summed E-state index contributed by atoms with van der Waals surface area (Å²) in [6.07, 6.45) is 10.9. The van der Waals surface area contributed by atoms with Crippen molar-refractivity contribution in [2.24, 2.45) is 52.3 Å². The lowest BCUT2D eigenvalue weighted by atomic mass is 9.44. The summed E-state index contributed by atoms with van der Waals surface area (Å²) >= 11 is 0. The van der Waals surface area contributed by atoms with Gasteiger partial charge in [-0.3, -0.25) is 4.18 Å². The van der Waals surface area contributed by atoms with Crippen LogP contribution >= 0.6 is 0 Å². The predicted octanol–water partition coefficient (Wildman–Crippen LogP) is 5.92. The van der Waals surface area contributed by atoms with Crippen LogP contribution in [0.1, 0.15) is 105 Å². The molecule has 4 saturated carbocycles. The Hall–Kier alpha value is -0.170. The first kappa shape index (κ1) is 25.9. The minimum atomic E-state index is -4.70. The molecule has 0 amide bonds. The molecule has 0 radical (unpaired) electrons. The van der Waals surface area contributed by atoms with Crippen molar-refractivity contribution in [3.8, 4) is 0 Å². The second-order valence-corrected chi connectivity index (χ2v) is 14.2. The maximum Gasteiger partial charge on any atom is 0.217 e. The van der Waals surface area contributed by atoms with Gasteiger partial charge in [0.1, 0.15) is 0 Å². The molecule has 33 heavy (non-hydrogen) atoms. The average molecular weight is 484 g/mol. The van der Waals surface area contributed by atoms with E-state index in [4.69, 9.17) is 4.18 Å². The van der Waals surface area contributed by atoms with E-state index in [0.29, 0.717) is 36.0 Å². The highest BCUT2D eigenvalue weighted by molar-refractivity contribution is 7.80. The lowest BCUT2D eigenvalue weighted by Gasteiger charge is -2.62. The first-order valence-electron chi connectivity index (χ1n) is 13.7. The van der Waals surface area contributed by atoms with Crippen LogP contribution in [-0.2, 0) is 14.6 Å². The molecule has 4 aliphatic rings. The molecule has 1 N–H and O–H groups in total. The highest BCUT2D eigenvalue weighted by Crippen LogP contribution is 2.68. The molecular weight excluding hydrogens is 436 g/mol. The number of hydrogen-bond acceptors (Lipinski definition) is 5. The van der Waals surface area contributed by atoms with Crippen LogP contribution in [0.25, 0.3) is 0 Å². The molecule has 10 unspecified atom stereocenters. The third-order valence-electron chi connectivity index (χ3n) is 11.1.